The maximum Gasteiger partial charge on any atom is 0.265 e. The molecule has 7 heteroatoms. The van der Waals surface area contributed by atoms with Crippen LogP contribution in [0.2, 0.25) is 0 Å². The van der Waals surface area contributed by atoms with Crippen LogP contribution in [0, 0.1) is 0 Å². The molecule has 5 rings (SSSR count). The van der Waals surface area contributed by atoms with Gasteiger partial charge in [-0.05, 0) is 42.0 Å². The van der Waals surface area contributed by atoms with Crippen LogP contribution in [0.4, 0.5) is 0 Å². The number of carbonyl (C=O) groups is 1. The summed E-state index contributed by atoms with van der Waals surface area (Å²) in [5.41, 5.74) is 2.78. The summed E-state index contributed by atoms with van der Waals surface area (Å²) in [6, 6.07) is 24.1. The summed E-state index contributed by atoms with van der Waals surface area (Å²) >= 11 is 0. The molecular formula is C27H26N4O3. The molecule has 0 aliphatic carbocycles. The van der Waals surface area contributed by atoms with E-state index in [2.05, 4.69) is 15.2 Å². The molecule has 0 radical (unpaired) electrons. The zero-order valence-electron chi connectivity index (χ0n) is 18.8. The van der Waals surface area contributed by atoms with Gasteiger partial charge in [-0.2, -0.15) is 0 Å². The van der Waals surface area contributed by atoms with Gasteiger partial charge in [0.1, 0.15) is 6.33 Å². The number of benzene rings is 3. The predicted molar refractivity (Wildman–Crippen MR) is 131 cm³/mol. The van der Waals surface area contributed by atoms with Crippen LogP contribution in [-0.2, 0) is 4.74 Å². The van der Waals surface area contributed by atoms with E-state index in [4.69, 9.17) is 4.74 Å². The molecule has 3 aromatic carbocycles. The quantitative estimate of drug-likeness (QED) is 0.484. The van der Waals surface area contributed by atoms with Gasteiger partial charge in [0.15, 0.2) is 0 Å². The third-order valence-electron chi connectivity index (χ3n) is 6.12. The Balaban J connectivity index is 1.35. The third kappa shape index (κ3) is 4.76. The molecule has 0 saturated carbocycles. The van der Waals surface area contributed by atoms with Crippen molar-refractivity contribution in [2.45, 2.75) is 6.04 Å². The highest BCUT2D eigenvalue weighted by Crippen LogP contribution is 2.17. The van der Waals surface area contributed by atoms with E-state index in [9.17, 15) is 9.59 Å². The second-order valence-electron chi connectivity index (χ2n) is 8.33. The number of nitrogens with one attached hydrogen (secondary N) is 1. The van der Waals surface area contributed by atoms with E-state index in [1.807, 2.05) is 48.5 Å². The SMILES string of the molecule is O=C(NC(CN1CCOCC1)c1ccccc1)c1ccc(-n2cnc3ccccc3c2=O)cc1. The predicted octanol–water partition coefficient (Wildman–Crippen LogP) is 3.19. The monoisotopic (exact) mass is 454 g/mol. The average molecular weight is 455 g/mol. The van der Waals surface area contributed by atoms with Gasteiger partial charge in [-0.1, -0.05) is 42.5 Å². The zero-order valence-corrected chi connectivity index (χ0v) is 18.8. The van der Waals surface area contributed by atoms with Gasteiger partial charge >= 0.3 is 0 Å². The van der Waals surface area contributed by atoms with Gasteiger partial charge in [0.05, 0.1) is 35.8 Å². The van der Waals surface area contributed by atoms with E-state index in [-0.39, 0.29) is 17.5 Å². The molecular weight excluding hydrogens is 428 g/mol. The number of nitrogens with zero attached hydrogens (tertiary/aromatic N) is 3. The van der Waals surface area contributed by atoms with Crippen molar-refractivity contribution in [3.63, 3.8) is 0 Å². The zero-order chi connectivity index (χ0) is 23.3. The second-order valence-corrected chi connectivity index (χ2v) is 8.33. The number of morpholine rings is 1. The van der Waals surface area contributed by atoms with Gasteiger partial charge < -0.3 is 10.1 Å². The Bertz CT molecular complexity index is 1330. The van der Waals surface area contributed by atoms with Gasteiger partial charge in [0.25, 0.3) is 11.5 Å². The molecule has 1 aliphatic rings. The first-order valence-corrected chi connectivity index (χ1v) is 11.4. The minimum atomic E-state index is -0.155. The fraction of sp³-hybridized carbons (Fsp3) is 0.222. The van der Waals surface area contributed by atoms with Crippen LogP contribution in [0.3, 0.4) is 0 Å². The summed E-state index contributed by atoms with van der Waals surface area (Å²) in [5, 5.41) is 3.75. The molecule has 1 fully saturated rings. The van der Waals surface area contributed by atoms with E-state index in [0.717, 1.165) is 25.2 Å². The van der Waals surface area contributed by atoms with E-state index < -0.39 is 0 Å². The van der Waals surface area contributed by atoms with Gasteiger partial charge in [-0.15, -0.1) is 0 Å². The molecule has 172 valence electrons. The molecule has 1 aliphatic heterocycles. The number of hydrogen-bond acceptors (Lipinski definition) is 5. The maximum absolute atomic E-state index is 13.1. The summed E-state index contributed by atoms with van der Waals surface area (Å²) < 4.78 is 6.95. The minimum absolute atomic E-state index is 0.140. The highest BCUT2D eigenvalue weighted by Gasteiger charge is 2.21. The first-order valence-electron chi connectivity index (χ1n) is 11.4. The summed E-state index contributed by atoms with van der Waals surface area (Å²) in [7, 11) is 0. The van der Waals surface area contributed by atoms with Crippen LogP contribution in [-0.4, -0.2) is 53.2 Å². The number of ether oxygens (including phenoxy) is 1. The van der Waals surface area contributed by atoms with Gasteiger partial charge in [-0.25, -0.2) is 4.98 Å². The molecule has 1 saturated heterocycles. The number of rotatable bonds is 6. The van der Waals surface area contributed by atoms with Crippen molar-refractivity contribution in [1.82, 2.24) is 19.8 Å². The standard InChI is InChI=1S/C27H26N4O3/c32-26(29-25(20-6-2-1-3-7-20)18-30-14-16-34-17-15-30)21-10-12-22(13-11-21)31-19-28-24-9-5-4-8-23(24)27(31)33/h1-13,19,25H,14-18H2,(H,29,32). The molecule has 4 aromatic rings. The summed E-state index contributed by atoms with van der Waals surface area (Å²) in [4.78, 5) is 32.7. The lowest BCUT2D eigenvalue weighted by Crippen LogP contribution is -2.43. The Labute approximate surface area is 197 Å². The van der Waals surface area contributed by atoms with Crippen LogP contribution in [0.25, 0.3) is 16.6 Å². The molecule has 1 atom stereocenters. The number of aromatic nitrogens is 2. The summed E-state index contributed by atoms with van der Waals surface area (Å²) in [5.74, 6) is -0.155. The molecule has 1 amide bonds. The fourth-order valence-electron chi connectivity index (χ4n) is 4.23. The van der Waals surface area contributed by atoms with Crippen molar-refractivity contribution in [2.24, 2.45) is 0 Å². The topological polar surface area (TPSA) is 76.5 Å². The molecule has 34 heavy (non-hydrogen) atoms. The fourth-order valence-corrected chi connectivity index (χ4v) is 4.23. The van der Waals surface area contributed by atoms with Crippen molar-refractivity contribution in [1.29, 1.82) is 0 Å². The Morgan fingerprint density at radius 1 is 0.941 bits per heavy atom. The summed E-state index contributed by atoms with van der Waals surface area (Å²) in [6.45, 7) is 3.83. The lowest BCUT2D eigenvalue weighted by molar-refractivity contribution is 0.0332. The van der Waals surface area contributed by atoms with Crippen molar-refractivity contribution in [3.05, 3.63) is 107 Å². The van der Waals surface area contributed by atoms with Crippen LogP contribution < -0.4 is 10.9 Å². The number of fused-ring (bicyclic) bond motifs is 1. The van der Waals surface area contributed by atoms with Crippen LogP contribution in [0.15, 0.2) is 90.0 Å². The number of hydrogen-bond donors (Lipinski definition) is 1. The van der Waals surface area contributed by atoms with Crippen LogP contribution in [0.1, 0.15) is 22.0 Å². The van der Waals surface area contributed by atoms with E-state index in [0.29, 0.717) is 35.4 Å². The Morgan fingerprint density at radius 2 is 1.65 bits per heavy atom. The lowest BCUT2D eigenvalue weighted by Gasteiger charge is -2.31. The number of para-hydroxylation sites is 1. The molecule has 1 N–H and O–H groups in total. The van der Waals surface area contributed by atoms with Crippen molar-refractivity contribution >= 4 is 16.8 Å². The number of amides is 1. The normalized spacial score (nSPS) is 15.2. The molecule has 0 spiro atoms. The highest BCUT2D eigenvalue weighted by atomic mass is 16.5. The Morgan fingerprint density at radius 3 is 2.41 bits per heavy atom. The van der Waals surface area contributed by atoms with Crippen LogP contribution >= 0.6 is 0 Å². The molecule has 2 heterocycles. The Kier molecular flexibility index (Phi) is 6.46. The van der Waals surface area contributed by atoms with E-state index >= 15 is 0 Å². The molecule has 0 bridgehead atoms. The lowest BCUT2D eigenvalue weighted by atomic mass is 10.1. The smallest absolute Gasteiger partial charge is 0.265 e. The first kappa shape index (κ1) is 22.0. The third-order valence-corrected chi connectivity index (χ3v) is 6.12. The molecule has 1 aromatic heterocycles. The Hall–Kier alpha value is -3.81. The molecule has 7 nitrogen and oxygen atoms in total. The highest BCUT2D eigenvalue weighted by molar-refractivity contribution is 5.94. The van der Waals surface area contributed by atoms with Gasteiger partial charge in [0.2, 0.25) is 0 Å². The van der Waals surface area contributed by atoms with Crippen molar-refractivity contribution < 1.29 is 9.53 Å². The van der Waals surface area contributed by atoms with Gasteiger partial charge in [0, 0.05) is 25.2 Å². The average Bonchev–Trinajstić information content (AvgIpc) is 2.90. The summed E-state index contributed by atoms with van der Waals surface area (Å²) in [6.07, 6.45) is 1.52. The largest absolute Gasteiger partial charge is 0.379 e. The minimum Gasteiger partial charge on any atom is -0.379 e. The maximum atomic E-state index is 13.1. The van der Waals surface area contributed by atoms with Gasteiger partial charge in [-0.3, -0.25) is 19.1 Å². The second kappa shape index (κ2) is 9.99. The number of carbonyl (C=O) groups excluding carboxylic acids is 1. The first-order chi connectivity index (χ1) is 16.7. The molecule has 1 unspecified atom stereocenters. The van der Waals surface area contributed by atoms with E-state index in [1.165, 1.54) is 10.9 Å². The van der Waals surface area contributed by atoms with Crippen molar-refractivity contribution in [2.75, 3.05) is 32.8 Å². The van der Waals surface area contributed by atoms with Crippen molar-refractivity contribution in [3.8, 4) is 5.69 Å². The van der Waals surface area contributed by atoms with Crippen LogP contribution in [0.5, 0.6) is 0 Å². The van der Waals surface area contributed by atoms with E-state index in [1.54, 1.807) is 30.3 Å².